The molecule has 146 valence electrons. The Morgan fingerprint density at radius 3 is 2.96 bits per heavy atom. The molecule has 1 amide bonds. The zero-order chi connectivity index (χ0) is 19.2. The van der Waals surface area contributed by atoms with E-state index in [-0.39, 0.29) is 35.8 Å². The third-order valence-corrected chi connectivity index (χ3v) is 7.80. The number of benzene rings is 1. The molecule has 6 rings (SSSR count). The monoisotopic (exact) mass is 380 g/mol. The Hall–Kier alpha value is -2.31. The van der Waals surface area contributed by atoms with Crippen LogP contribution >= 0.6 is 0 Å². The van der Waals surface area contributed by atoms with Gasteiger partial charge < -0.3 is 19.8 Å². The van der Waals surface area contributed by atoms with Crippen LogP contribution in [0.4, 0.5) is 5.69 Å². The molecular formula is C22H24N2O4. The topological polar surface area (TPSA) is 73.2 Å². The molecule has 0 radical (unpaired) electrons. The van der Waals surface area contributed by atoms with Gasteiger partial charge in [0.1, 0.15) is 0 Å². The largest absolute Gasteiger partial charge is 0.504 e. The van der Waals surface area contributed by atoms with Crippen molar-refractivity contribution in [2.45, 2.75) is 36.8 Å². The van der Waals surface area contributed by atoms with Crippen LogP contribution in [0, 0.1) is 5.92 Å². The number of piperidine rings is 1. The molecule has 2 N–H and O–H groups in total. The molecule has 0 unspecified atom stereocenters. The van der Waals surface area contributed by atoms with Crippen LogP contribution in [-0.4, -0.2) is 59.4 Å². The number of anilines is 1. The molecule has 1 spiro atoms. The Bertz CT molecular complexity index is 968. The Kier molecular flexibility index (Phi) is 3.20. The van der Waals surface area contributed by atoms with E-state index >= 15 is 0 Å². The highest BCUT2D eigenvalue weighted by Crippen LogP contribution is 2.65. The van der Waals surface area contributed by atoms with E-state index in [0.29, 0.717) is 18.1 Å². The smallest absolute Gasteiger partial charge is 0.231 e. The number of aliphatic hydroxyl groups excluding tert-OH is 1. The number of aromatic hydroxyl groups is 1. The highest BCUT2D eigenvalue weighted by atomic mass is 16.5. The lowest BCUT2D eigenvalue weighted by Gasteiger charge is -2.66. The van der Waals surface area contributed by atoms with E-state index in [4.69, 9.17) is 4.74 Å². The van der Waals surface area contributed by atoms with Crippen LogP contribution in [0.25, 0.3) is 0 Å². The summed E-state index contributed by atoms with van der Waals surface area (Å²) in [6, 6.07) is 3.66. The van der Waals surface area contributed by atoms with Gasteiger partial charge in [0.2, 0.25) is 5.91 Å². The van der Waals surface area contributed by atoms with Gasteiger partial charge in [-0.1, -0.05) is 17.7 Å². The summed E-state index contributed by atoms with van der Waals surface area (Å²) in [5, 5.41) is 20.0. The van der Waals surface area contributed by atoms with Crippen molar-refractivity contribution in [2.24, 2.45) is 5.92 Å². The van der Waals surface area contributed by atoms with Crippen molar-refractivity contribution in [1.29, 1.82) is 0 Å². The molecule has 6 heteroatoms. The second kappa shape index (κ2) is 5.39. The average Bonchev–Trinajstić information content (AvgIpc) is 3.01. The third kappa shape index (κ3) is 1.78. The molecule has 6 nitrogen and oxygen atoms in total. The van der Waals surface area contributed by atoms with Gasteiger partial charge in [-0.25, -0.2) is 0 Å². The first-order chi connectivity index (χ1) is 13.6. The van der Waals surface area contributed by atoms with E-state index in [1.165, 1.54) is 18.3 Å². The zero-order valence-electron chi connectivity index (χ0n) is 15.9. The maximum absolute atomic E-state index is 13.0. The standard InChI is InChI=1S/C22H24N2O4/c1-28-18-9-16-14(8-17(18)26)20-21-13(2-3-19(27)24(16)21)15-10-22(20)5-6-23(22)11-12(15)4-7-25/h2,4,8-9,15,20-21,25-26H,3,5-7,10-11H2,1H3/t15-,20+,21+,22-/m1/s1. The van der Waals surface area contributed by atoms with Gasteiger partial charge >= 0.3 is 0 Å². The van der Waals surface area contributed by atoms with Gasteiger partial charge in [0.15, 0.2) is 11.5 Å². The van der Waals surface area contributed by atoms with Gasteiger partial charge in [-0.15, -0.1) is 0 Å². The number of carbonyl (C=O) groups is 1. The van der Waals surface area contributed by atoms with Crippen molar-refractivity contribution in [3.8, 4) is 11.5 Å². The molecule has 1 saturated carbocycles. The highest BCUT2D eigenvalue weighted by molar-refractivity contribution is 6.00. The number of phenolic OH excluding ortho intramolecular Hbond substituents is 1. The van der Waals surface area contributed by atoms with Crippen molar-refractivity contribution in [3.63, 3.8) is 0 Å². The Morgan fingerprint density at radius 1 is 1.39 bits per heavy atom. The number of hydrogen-bond acceptors (Lipinski definition) is 5. The minimum absolute atomic E-state index is 0.00620. The Labute approximate surface area is 163 Å². The van der Waals surface area contributed by atoms with Crippen molar-refractivity contribution < 1.29 is 19.7 Å². The molecule has 1 aromatic carbocycles. The molecule has 2 saturated heterocycles. The fourth-order valence-electron chi connectivity index (χ4n) is 6.63. The van der Waals surface area contributed by atoms with Crippen LogP contribution in [0.3, 0.4) is 0 Å². The van der Waals surface area contributed by atoms with Crippen LogP contribution in [0.5, 0.6) is 11.5 Å². The maximum atomic E-state index is 13.0. The van der Waals surface area contributed by atoms with Gasteiger partial charge in [-0.3, -0.25) is 9.69 Å². The molecule has 4 atom stereocenters. The summed E-state index contributed by atoms with van der Waals surface area (Å²) in [4.78, 5) is 17.5. The molecule has 28 heavy (non-hydrogen) atoms. The minimum Gasteiger partial charge on any atom is -0.504 e. The van der Waals surface area contributed by atoms with E-state index in [1.54, 1.807) is 0 Å². The van der Waals surface area contributed by atoms with E-state index in [0.717, 1.165) is 37.2 Å². The Morgan fingerprint density at radius 2 is 2.25 bits per heavy atom. The van der Waals surface area contributed by atoms with Crippen molar-refractivity contribution in [1.82, 2.24) is 4.90 Å². The zero-order valence-corrected chi connectivity index (χ0v) is 15.9. The van der Waals surface area contributed by atoms with Crippen molar-refractivity contribution >= 4 is 11.6 Å². The normalized spacial score (nSPS) is 36.4. The number of phenols is 1. The molecule has 0 aromatic heterocycles. The van der Waals surface area contributed by atoms with Gasteiger partial charge in [-0.05, 0) is 30.0 Å². The van der Waals surface area contributed by atoms with Crippen molar-refractivity contribution in [2.75, 3.05) is 31.7 Å². The van der Waals surface area contributed by atoms with E-state index in [2.05, 4.69) is 11.0 Å². The number of hydrogen-bond donors (Lipinski definition) is 2. The second-order valence-electron chi connectivity index (χ2n) is 8.67. The van der Waals surface area contributed by atoms with Gasteiger partial charge in [0, 0.05) is 43.0 Å². The van der Waals surface area contributed by atoms with Gasteiger partial charge in [0.05, 0.1) is 25.4 Å². The number of aliphatic hydroxyl groups is 1. The molecule has 5 aliphatic rings. The molecule has 1 aliphatic carbocycles. The van der Waals surface area contributed by atoms with Crippen molar-refractivity contribution in [3.05, 3.63) is 41.0 Å². The molecule has 4 aliphatic heterocycles. The lowest BCUT2D eigenvalue weighted by atomic mass is 9.53. The molecule has 2 bridgehead atoms. The minimum atomic E-state index is 0.00620. The third-order valence-electron chi connectivity index (χ3n) is 7.80. The lowest BCUT2D eigenvalue weighted by molar-refractivity contribution is -0.120. The number of ether oxygens (including phenoxy) is 1. The predicted octanol–water partition coefficient (Wildman–Crippen LogP) is 1.93. The summed E-state index contributed by atoms with van der Waals surface area (Å²) in [5.74, 6) is 1.13. The maximum Gasteiger partial charge on any atom is 0.231 e. The van der Waals surface area contributed by atoms with Gasteiger partial charge in [0.25, 0.3) is 0 Å². The summed E-state index contributed by atoms with van der Waals surface area (Å²) in [6.07, 6.45) is 6.64. The van der Waals surface area contributed by atoms with Gasteiger partial charge in [-0.2, -0.15) is 0 Å². The van der Waals surface area contributed by atoms with E-state index in [1.807, 2.05) is 23.1 Å². The summed E-state index contributed by atoms with van der Waals surface area (Å²) < 4.78 is 5.34. The number of methoxy groups -OCH3 is 1. The summed E-state index contributed by atoms with van der Waals surface area (Å²) >= 11 is 0. The number of amides is 1. The van der Waals surface area contributed by atoms with Crippen LogP contribution in [0.2, 0.25) is 0 Å². The quantitative estimate of drug-likeness (QED) is 0.767. The SMILES string of the molecule is COc1cc2c(cc1O)[C@H]1[C@@H]3C(=CCC(=O)N23)[C@@H]2C[C@]13CCN3CC2=CCO. The first kappa shape index (κ1) is 16.6. The van der Waals surface area contributed by atoms with Crippen LogP contribution in [0.15, 0.2) is 35.4 Å². The fourth-order valence-corrected chi connectivity index (χ4v) is 6.63. The van der Waals surface area contributed by atoms with E-state index < -0.39 is 0 Å². The molecule has 4 heterocycles. The summed E-state index contributed by atoms with van der Waals surface area (Å²) in [5.41, 5.74) is 4.59. The number of carbonyl (C=O) groups excluding carboxylic acids is 1. The summed E-state index contributed by atoms with van der Waals surface area (Å²) in [6.45, 7) is 1.99. The van der Waals surface area contributed by atoms with Crippen LogP contribution in [-0.2, 0) is 4.79 Å². The molecular weight excluding hydrogens is 356 g/mol. The molecule has 1 aromatic rings. The first-order valence-electron chi connectivity index (χ1n) is 10.1. The number of fused-ring (bicyclic) bond motifs is 5. The first-order valence-corrected chi connectivity index (χ1v) is 10.1. The number of nitrogens with zero attached hydrogens (tertiary/aromatic N) is 2. The molecule has 3 fully saturated rings. The number of rotatable bonds is 2. The van der Waals surface area contributed by atoms with Crippen LogP contribution < -0.4 is 9.64 Å². The van der Waals surface area contributed by atoms with Crippen LogP contribution in [0.1, 0.15) is 30.7 Å². The second-order valence-corrected chi connectivity index (χ2v) is 8.67. The fraction of sp³-hybridized carbons (Fsp3) is 0.500. The predicted molar refractivity (Wildman–Crippen MR) is 104 cm³/mol. The average molecular weight is 380 g/mol. The summed E-state index contributed by atoms with van der Waals surface area (Å²) in [7, 11) is 1.54. The Balaban J connectivity index is 1.59. The highest BCUT2D eigenvalue weighted by Gasteiger charge is 2.66. The van der Waals surface area contributed by atoms with E-state index in [9.17, 15) is 15.0 Å². The lowest BCUT2D eigenvalue weighted by Crippen LogP contribution is -2.72.